The summed E-state index contributed by atoms with van der Waals surface area (Å²) in [5, 5.41) is 3.12. The molecule has 0 aromatic heterocycles. The largest absolute Gasteiger partial charge is 0.377 e. The third-order valence-electron chi connectivity index (χ3n) is 1.85. The molecule has 0 aliphatic carbocycles. The molecular formula is C12H25BrN2. The standard InChI is InChI=1S/C10H19BrN2.C2H6/c1-9(11)5-6-10(2)13(4)8-7-12-3;1-2/h5-6,12H,7-8H2,1-4H3;1-2H3/b9-5+,10-6+;. The summed E-state index contributed by atoms with van der Waals surface area (Å²) in [7, 11) is 4.07. The molecule has 2 nitrogen and oxygen atoms in total. The van der Waals surface area contributed by atoms with Crippen LogP contribution in [0.25, 0.3) is 0 Å². The molecule has 1 N–H and O–H groups in total. The van der Waals surface area contributed by atoms with Gasteiger partial charge in [-0.1, -0.05) is 35.9 Å². The van der Waals surface area contributed by atoms with Crippen LogP contribution in [-0.4, -0.2) is 32.1 Å². The number of rotatable bonds is 5. The van der Waals surface area contributed by atoms with Crippen LogP contribution in [0.5, 0.6) is 0 Å². The number of hydrogen-bond acceptors (Lipinski definition) is 2. The lowest BCUT2D eigenvalue weighted by Crippen LogP contribution is -2.25. The first-order valence-corrected chi connectivity index (χ1v) is 6.23. The fourth-order valence-electron chi connectivity index (χ4n) is 0.819. The molecule has 0 spiro atoms. The predicted octanol–water partition coefficient (Wildman–Crippen LogP) is 3.37. The Bertz CT molecular complexity index is 194. The number of allylic oxidation sites excluding steroid dienone is 4. The molecule has 0 heterocycles. The Hall–Kier alpha value is -0.280. The number of hydrogen-bond donors (Lipinski definition) is 1. The fraction of sp³-hybridized carbons (Fsp3) is 0.667. The zero-order chi connectivity index (χ0) is 12.3. The van der Waals surface area contributed by atoms with Gasteiger partial charge in [-0.15, -0.1) is 0 Å². The zero-order valence-electron chi connectivity index (χ0n) is 10.9. The van der Waals surface area contributed by atoms with Crippen LogP contribution >= 0.6 is 15.9 Å². The smallest absolute Gasteiger partial charge is 0.0296 e. The molecule has 0 saturated heterocycles. The van der Waals surface area contributed by atoms with Crippen molar-refractivity contribution in [3.05, 3.63) is 22.3 Å². The summed E-state index contributed by atoms with van der Waals surface area (Å²) in [4.78, 5) is 2.23. The highest BCUT2D eigenvalue weighted by atomic mass is 79.9. The van der Waals surface area contributed by atoms with Gasteiger partial charge in [0.25, 0.3) is 0 Å². The quantitative estimate of drug-likeness (QED) is 0.775. The molecule has 0 atom stereocenters. The molecule has 0 unspecified atom stereocenters. The van der Waals surface area contributed by atoms with Gasteiger partial charge in [-0.2, -0.15) is 0 Å². The summed E-state index contributed by atoms with van der Waals surface area (Å²) in [6.45, 7) is 10.2. The van der Waals surface area contributed by atoms with Crippen LogP contribution in [-0.2, 0) is 0 Å². The van der Waals surface area contributed by atoms with E-state index in [1.807, 2.05) is 27.8 Å². The Balaban J connectivity index is 0. The first-order valence-electron chi connectivity index (χ1n) is 5.44. The van der Waals surface area contributed by atoms with Crippen LogP contribution in [0.2, 0.25) is 0 Å². The molecular weight excluding hydrogens is 252 g/mol. The molecule has 0 aromatic rings. The van der Waals surface area contributed by atoms with Crippen molar-refractivity contribution >= 4 is 15.9 Å². The maximum Gasteiger partial charge on any atom is 0.0296 e. The van der Waals surface area contributed by atoms with Crippen LogP contribution in [0.3, 0.4) is 0 Å². The molecule has 0 rings (SSSR count). The fourth-order valence-corrected chi connectivity index (χ4v) is 0.951. The summed E-state index contributed by atoms with van der Waals surface area (Å²) in [6.07, 6.45) is 4.17. The lowest BCUT2D eigenvalue weighted by Gasteiger charge is -2.19. The van der Waals surface area contributed by atoms with Crippen LogP contribution in [0.1, 0.15) is 27.7 Å². The molecule has 0 amide bonds. The number of nitrogens with zero attached hydrogens (tertiary/aromatic N) is 1. The molecule has 0 fully saturated rings. The van der Waals surface area contributed by atoms with Gasteiger partial charge in [0.15, 0.2) is 0 Å². The minimum Gasteiger partial charge on any atom is -0.377 e. The van der Waals surface area contributed by atoms with Gasteiger partial charge >= 0.3 is 0 Å². The van der Waals surface area contributed by atoms with Crippen LogP contribution in [0, 0.1) is 0 Å². The first kappa shape index (κ1) is 17.1. The molecule has 0 radical (unpaired) electrons. The summed E-state index contributed by atoms with van der Waals surface area (Å²) >= 11 is 3.39. The highest BCUT2D eigenvalue weighted by Crippen LogP contribution is 2.05. The van der Waals surface area contributed by atoms with Crippen molar-refractivity contribution in [2.75, 3.05) is 27.2 Å². The highest BCUT2D eigenvalue weighted by molar-refractivity contribution is 9.11. The summed E-state index contributed by atoms with van der Waals surface area (Å²) < 4.78 is 1.15. The first-order chi connectivity index (χ1) is 7.07. The monoisotopic (exact) mass is 276 g/mol. The van der Waals surface area contributed by atoms with Gasteiger partial charge in [0.1, 0.15) is 0 Å². The summed E-state index contributed by atoms with van der Waals surface area (Å²) in [5.74, 6) is 0. The van der Waals surface area contributed by atoms with Crippen molar-refractivity contribution in [2.45, 2.75) is 27.7 Å². The van der Waals surface area contributed by atoms with E-state index in [-0.39, 0.29) is 0 Å². The molecule has 0 aromatic carbocycles. The maximum atomic E-state index is 3.39. The van der Waals surface area contributed by atoms with Gasteiger partial charge in [0, 0.05) is 25.8 Å². The molecule has 90 valence electrons. The van der Waals surface area contributed by atoms with Gasteiger partial charge in [-0.25, -0.2) is 0 Å². The number of halogens is 1. The van der Waals surface area contributed by atoms with E-state index in [1.165, 1.54) is 5.70 Å². The van der Waals surface area contributed by atoms with E-state index in [9.17, 15) is 0 Å². The molecule has 3 heteroatoms. The van der Waals surface area contributed by atoms with Crippen molar-refractivity contribution < 1.29 is 0 Å². The Kier molecular flexibility index (Phi) is 13.5. The lowest BCUT2D eigenvalue weighted by molar-refractivity contribution is 0.416. The molecule has 0 aliphatic heterocycles. The van der Waals surface area contributed by atoms with Crippen LogP contribution < -0.4 is 5.32 Å². The van der Waals surface area contributed by atoms with Gasteiger partial charge in [0.2, 0.25) is 0 Å². The molecule has 0 saturated carbocycles. The van der Waals surface area contributed by atoms with E-state index in [4.69, 9.17) is 0 Å². The van der Waals surface area contributed by atoms with E-state index in [0.29, 0.717) is 0 Å². The van der Waals surface area contributed by atoms with Crippen LogP contribution in [0.4, 0.5) is 0 Å². The van der Waals surface area contributed by atoms with E-state index in [2.05, 4.69) is 52.3 Å². The minimum absolute atomic E-state index is 1.01. The normalized spacial score (nSPS) is 11.9. The molecule has 0 aliphatic rings. The second-order valence-corrected chi connectivity index (χ2v) is 4.34. The van der Waals surface area contributed by atoms with E-state index < -0.39 is 0 Å². The Labute approximate surface area is 104 Å². The van der Waals surface area contributed by atoms with Crippen molar-refractivity contribution in [3.8, 4) is 0 Å². The third-order valence-corrected chi connectivity index (χ3v) is 2.12. The molecule has 15 heavy (non-hydrogen) atoms. The zero-order valence-corrected chi connectivity index (χ0v) is 12.5. The topological polar surface area (TPSA) is 15.3 Å². The maximum absolute atomic E-state index is 3.39. The third kappa shape index (κ3) is 11.6. The van der Waals surface area contributed by atoms with Gasteiger partial charge in [-0.05, 0) is 31.5 Å². The average Bonchev–Trinajstić information content (AvgIpc) is 2.25. The highest BCUT2D eigenvalue weighted by Gasteiger charge is 1.95. The lowest BCUT2D eigenvalue weighted by atomic mass is 10.3. The Morgan fingerprint density at radius 2 is 1.80 bits per heavy atom. The Morgan fingerprint density at radius 3 is 2.20 bits per heavy atom. The Morgan fingerprint density at radius 1 is 1.27 bits per heavy atom. The van der Waals surface area contributed by atoms with Crippen molar-refractivity contribution in [3.63, 3.8) is 0 Å². The predicted molar refractivity (Wildman–Crippen MR) is 74.3 cm³/mol. The van der Waals surface area contributed by atoms with Crippen molar-refractivity contribution in [2.24, 2.45) is 0 Å². The molecule has 0 bridgehead atoms. The van der Waals surface area contributed by atoms with Gasteiger partial charge in [0.05, 0.1) is 0 Å². The summed E-state index contributed by atoms with van der Waals surface area (Å²) in [6, 6.07) is 0. The van der Waals surface area contributed by atoms with Crippen molar-refractivity contribution in [1.82, 2.24) is 10.2 Å². The number of likely N-dealkylation sites (N-methyl/N-ethyl adjacent to an activating group) is 2. The number of nitrogens with one attached hydrogen (secondary N) is 1. The van der Waals surface area contributed by atoms with Crippen molar-refractivity contribution in [1.29, 1.82) is 0 Å². The van der Waals surface area contributed by atoms with E-state index in [1.54, 1.807) is 0 Å². The van der Waals surface area contributed by atoms with Crippen LogP contribution in [0.15, 0.2) is 22.3 Å². The summed E-state index contributed by atoms with van der Waals surface area (Å²) in [5.41, 5.74) is 1.27. The second kappa shape index (κ2) is 11.8. The average molecular weight is 277 g/mol. The SMILES string of the molecule is CC.CNCCN(C)/C(C)=C/C=C(\C)Br. The minimum atomic E-state index is 1.01. The van der Waals surface area contributed by atoms with E-state index >= 15 is 0 Å². The van der Waals surface area contributed by atoms with Gasteiger partial charge < -0.3 is 10.2 Å². The van der Waals surface area contributed by atoms with E-state index in [0.717, 1.165) is 17.6 Å². The second-order valence-electron chi connectivity index (χ2n) is 3.09. The van der Waals surface area contributed by atoms with Gasteiger partial charge in [-0.3, -0.25) is 0 Å².